The van der Waals surface area contributed by atoms with Crippen LogP contribution >= 0.6 is 11.8 Å². The normalized spacial score (nSPS) is 19.6. The van der Waals surface area contributed by atoms with Gasteiger partial charge < -0.3 is 14.4 Å². The summed E-state index contributed by atoms with van der Waals surface area (Å²) in [6, 6.07) is 14.9. The second-order valence-electron chi connectivity index (χ2n) is 8.31. The van der Waals surface area contributed by atoms with Crippen LogP contribution in [0.2, 0.25) is 0 Å². The number of benzene rings is 2. The van der Waals surface area contributed by atoms with Crippen LogP contribution in [0.3, 0.4) is 0 Å². The summed E-state index contributed by atoms with van der Waals surface area (Å²) in [7, 11) is 3.92. The Bertz CT molecular complexity index is 960. The maximum Gasteiger partial charge on any atom is 0.161 e. The third kappa shape index (κ3) is 5.66. The van der Waals surface area contributed by atoms with Gasteiger partial charge >= 0.3 is 0 Å². The standard InChI is InChI=1S/C26H35N3O3S/c1-5-31-23-12-11-20(17-24(23)32-6-2)26-29(30-4)19-25(33-26)22-10-8-7-9-21(22)18-28-15-13-27(3)14-16-28/h7-12,17,19,26H,5-6,13-16,18H2,1-4H3. The fourth-order valence-corrected chi connectivity index (χ4v) is 5.51. The van der Waals surface area contributed by atoms with Crippen molar-refractivity contribution < 1.29 is 14.3 Å². The number of piperazine rings is 1. The number of rotatable bonds is 9. The first kappa shape index (κ1) is 24.0. The number of hydroxylamine groups is 2. The summed E-state index contributed by atoms with van der Waals surface area (Å²) in [5, 5.41) is 1.94. The van der Waals surface area contributed by atoms with Crippen molar-refractivity contribution in [2.24, 2.45) is 0 Å². The van der Waals surface area contributed by atoms with Crippen molar-refractivity contribution in [1.82, 2.24) is 14.9 Å². The lowest BCUT2D eigenvalue weighted by Crippen LogP contribution is -2.43. The van der Waals surface area contributed by atoms with Gasteiger partial charge in [0.2, 0.25) is 0 Å². The predicted octanol–water partition coefficient (Wildman–Crippen LogP) is 4.84. The molecular formula is C26H35N3O3S. The van der Waals surface area contributed by atoms with Crippen LogP contribution in [-0.2, 0) is 11.4 Å². The zero-order chi connectivity index (χ0) is 23.2. The van der Waals surface area contributed by atoms with Gasteiger partial charge in [0.15, 0.2) is 11.5 Å². The molecule has 2 aromatic rings. The van der Waals surface area contributed by atoms with Crippen LogP contribution < -0.4 is 9.47 Å². The third-order valence-corrected chi connectivity index (χ3v) is 7.33. The summed E-state index contributed by atoms with van der Waals surface area (Å²) in [5.41, 5.74) is 3.76. The van der Waals surface area contributed by atoms with Gasteiger partial charge in [0, 0.05) is 43.8 Å². The Kier molecular flexibility index (Phi) is 8.20. The molecule has 7 heteroatoms. The molecule has 2 heterocycles. The highest BCUT2D eigenvalue weighted by molar-refractivity contribution is 8.08. The Morgan fingerprint density at radius 1 is 0.939 bits per heavy atom. The Morgan fingerprint density at radius 2 is 1.67 bits per heavy atom. The zero-order valence-electron chi connectivity index (χ0n) is 20.1. The number of thioether (sulfide) groups is 1. The number of nitrogens with zero attached hydrogens (tertiary/aromatic N) is 3. The zero-order valence-corrected chi connectivity index (χ0v) is 20.9. The molecule has 2 aliphatic rings. The molecule has 0 amide bonds. The van der Waals surface area contributed by atoms with Crippen molar-refractivity contribution in [1.29, 1.82) is 0 Å². The van der Waals surface area contributed by atoms with E-state index in [4.69, 9.17) is 14.3 Å². The summed E-state index contributed by atoms with van der Waals surface area (Å²) in [5.74, 6) is 1.55. The lowest BCUT2D eigenvalue weighted by Gasteiger charge is -2.32. The summed E-state index contributed by atoms with van der Waals surface area (Å²) >= 11 is 1.81. The van der Waals surface area contributed by atoms with Crippen LogP contribution in [0, 0.1) is 0 Å². The molecule has 1 atom stereocenters. The molecule has 0 aromatic heterocycles. The molecule has 4 rings (SSSR count). The molecule has 0 spiro atoms. The van der Waals surface area contributed by atoms with Crippen molar-refractivity contribution in [3.63, 3.8) is 0 Å². The number of likely N-dealkylation sites (N-methyl/N-ethyl adjacent to an activating group) is 1. The predicted molar refractivity (Wildman–Crippen MR) is 135 cm³/mol. The van der Waals surface area contributed by atoms with Crippen molar-refractivity contribution in [2.75, 3.05) is 53.6 Å². The molecule has 1 fully saturated rings. The first-order valence-corrected chi connectivity index (χ1v) is 12.6. The lowest BCUT2D eigenvalue weighted by molar-refractivity contribution is -0.0950. The van der Waals surface area contributed by atoms with Gasteiger partial charge in [0.1, 0.15) is 5.37 Å². The first-order valence-electron chi connectivity index (χ1n) is 11.7. The fourth-order valence-electron chi connectivity index (χ4n) is 4.25. The van der Waals surface area contributed by atoms with Gasteiger partial charge in [-0.1, -0.05) is 42.1 Å². The minimum absolute atomic E-state index is 0.0107. The number of ether oxygens (including phenoxy) is 2. The van der Waals surface area contributed by atoms with Crippen molar-refractivity contribution in [2.45, 2.75) is 25.8 Å². The maximum absolute atomic E-state index is 5.86. The first-order chi connectivity index (χ1) is 16.1. The molecule has 178 valence electrons. The Morgan fingerprint density at radius 3 is 2.39 bits per heavy atom. The van der Waals surface area contributed by atoms with Crippen LogP contribution in [0.15, 0.2) is 48.7 Å². The van der Waals surface area contributed by atoms with E-state index in [9.17, 15) is 0 Å². The van der Waals surface area contributed by atoms with E-state index in [1.807, 2.05) is 36.7 Å². The second-order valence-corrected chi connectivity index (χ2v) is 9.44. The summed E-state index contributed by atoms with van der Waals surface area (Å²) in [6.07, 6.45) is 2.12. The molecule has 0 aliphatic carbocycles. The second kappa shape index (κ2) is 11.3. The maximum atomic E-state index is 5.86. The quantitative estimate of drug-likeness (QED) is 0.520. The van der Waals surface area contributed by atoms with Gasteiger partial charge in [-0.3, -0.25) is 9.74 Å². The molecule has 0 bridgehead atoms. The van der Waals surface area contributed by atoms with Crippen LogP contribution in [0.25, 0.3) is 4.91 Å². The SMILES string of the molecule is CCOc1ccc(C2SC(c3ccccc3CN3CCN(C)CC3)=CN2OC)cc1OCC. The Labute approximate surface area is 202 Å². The number of hydrogen-bond acceptors (Lipinski definition) is 7. The smallest absolute Gasteiger partial charge is 0.161 e. The molecular weight excluding hydrogens is 434 g/mol. The van der Waals surface area contributed by atoms with Gasteiger partial charge in [-0.15, -0.1) is 0 Å². The summed E-state index contributed by atoms with van der Waals surface area (Å²) < 4.78 is 11.6. The largest absolute Gasteiger partial charge is 0.490 e. The average molecular weight is 470 g/mol. The van der Waals surface area contributed by atoms with E-state index in [0.717, 1.165) is 49.8 Å². The fraction of sp³-hybridized carbons (Fsp3) is 0.462. The van der Waals surface area contributed by atoms with E-state index in [1.165, 1.54) is 16.0 Å². The van der Waals surface area contributed by atoms with Gasteiger partial charge in [-0.25, -0.2) is 5.06 Å². The summed E-state index contributed by atoms with van der Waals surface area (Å²) in [4.78, 5) is 11.9. The van der Waals surface area contributed by atoms with Crippen molar-refractivity contribution in [3.05, 3.63) is 65.4 Å². The molecule has 1 saturated heterocycles. The molecule has 2 aromatic carbocycles. The molecule has 33 heavy (non-hydrogen) atoms. The van der Waals surface area contributed by atoms with E-state index >= 15 is 0 Å². The van der Waals surface area contributed by atoms with Crippen LogP contribution in [0.5, 0.6) is 11.5 Å². The topological polar surface area (TPSA) is 37.4 Å². The van der Waals surface area contributed by atoms with E-state index < -0.39 is 0 Å². The highest BCUT2D eigenvalue weighted by atomic mass is 32.2. The molecule has 1 unspecified atom stereocenters. The molecule has 6 nitrogen and oxygen atoms in total. The highest BCUT2D eigenvalue weighted by Gasteiger charge is 2.30. The van der Waals surface area contributed by atoms with Crippen molar-refractivity contribution >= 4 is 16.7 Å². The minimum atomic E-state index is 0.0107. The van der Waals surface area contributed by atoms with Gasteiger partial charge in [-0.2, -0.15) is 0 Å². The summed E-state index contributed by atoms with van der Waals surface area (Å²) in [6.45, 7) is 10.6. The minimum Gasteiger partial charge on any atom is -0.490 e. The van der Waals surface area contributed by atoms with E-state index in [0.29, 0.717) is 13.2 Å². The Hall–Kier alpha value is -2.19. The lowest BCUT2D eigenvalue weighted by atomic mass is 10.1. The monoisotopic (exact) mass is 469 g/mol. The van der Waals surface area contributed by atoms with Gasteiger partial charge in [0.25, 0.3) is 0 Å². The number of hydrogen-bond donors (Lipinski definition) is 0. The van der Waals surface area contributed by atoms with Crippen LogP contribution in [-0.4, -0.2) is 68.4 Å². The molecule has 0 N–H and O–H groups in total. The molecule has 0 saturated carbocycles. The van der Waals surface area contributed by atoms with E-state index in [2.05, 4.69) is 59.4 Å². The van der Waals surface area contributed by atoms with Gasteiger partial charge in [-0.05, 0) is 49.7 Å². The average Bonchev–Trinajstić information content (AvgIpc) is 3.27. The van der Waals surface area contributed by atoms with Gasteiger partial charge in [0.05, 0.1) is 20.3 Å². The van der Waals surface area contributed by atoms with Crippen LogP contribution in [0.4, 0.5) is 0 Å². The van der Waals surface area contributed by atoms with E-state index in [-0.39, 0.29) is 5.37 Å². The molecule has 0 radical (unpaired) electrons. The Balaban J connectivity index is 1.55. The van der Waals surface area contributed by atoms with Crippen LogP contribution in [0.1, 0.15) is 35.9 Å². The van der Waals surface area contributed by atoms with Crippen molar-refractivity contribution in [3.8, 4) is 11.5 Å². The third-order valence-electron chi connectivity index (χ3n) is 6.05. The van der Waals surface area contributed by atoms with E-state index in [1.54, 1.807) is 7.11 Å². The highest BCUT2D eigenvalue weighted by Crippen LogP contribution is 2.50. The molecule has 2 aliphatic heterocycles.